The molecule has 1 N–H and O–H groups in total. The molecule has 124 valence electrons. The van der Waals surface area contributed by atoms with Crippen LogP contribution in [0.4, 0.5) is 0 Å². The molecule has 0 radical (unpaired) electrons. The number of benzene rings is 2. The topological polar surface area (TPSA) is 32.7 Å². The zero-order chi connectivity index (χ0) is 16.1. The van der Waals surface area contributed by atoms with Crippen LogP contribution >= 0.6 is 0 Å². The summed E-state index contributed by atoms with van der Waals surface area (Å²) in [4.78, 5) is 2.30. The fourth-order valence-electron chi connectivity index (χ4n) is 3.56. The number of hydrogen-bond acceptors (Lipinski definition) is 3. The summed E-state index contributed by atoms with van der Waals surface area (Å²) in [6, 6.07) is 14.9. The van der Waals surface area contributed by atoms with E-state index in [1.165, 1.54) is 37.5 Å². The standard InChI is InChI=1S/C20H27NO2/c1-21(17-10-3-2-4-11-17)14-18(22)15-23-20-13-7-9-16-8-5-6-12-19(16)20/h5-9,12-13,17-18,22H,2-4,10-11,14-15H2,1H3/t18-/m1/s1. The molecule has 1 atom stereocenters. The molecule has 1 aliphatic carbocycles. The second-order valence-electron chi connectivity index (χ2n) is 6.67. The third-order valence-electron chi connectivity index (χ3n) is 4.88. The van der Waals surface area contributed by atoms with Crippen molar-refractivity contribution in [2.45, 2.75) is 44.2 Å². The maximum Gasteiger partial charge on any atom is 0.127 e. The van der Waals surface area contributed by atoms with Crippen molar-refractivity contribution in [3.8, 4) is 5.75 Å². The smallest absolute Gasteiger partial charge is 0.127 e. The van der Waals surface area contributed by atoms with Crippen LogP contribution < -0.4 is 4.74 Å². The highest BCUT2D eigenvalue weighted by molar-refractivity contribution is 5.88. The molecule has 0 amide bonds. The fourth-order valence-corrected chi connectivity index (χ4v) is 3.56. The molecular formula is C20H27NO2. The van der Waals surface area contributed by atoms with Gasteiger partial charge in [-0.25, -0.2) is 0 Å². The van der Waals surface area contributed by atoms with Gasteiger partial charge in [0.25, 0.3) is 0 Å². The number of aliphatic hydroxyl groups excluding tert-OH is 1. The highest BCUT2D eigenvalue weighted by Gasteiger charge is 2.20. The van der Waals surface area contributed by atoms with Gasteiger partial charge in [-0.3, -0.25) is 0 Å². The molecule has 2 aromatic carbocycles. The summed E-state index contributed by atoms with van der Waals surface area (Å²) in [5, 5.41) is 12.6. The first-order valence-electron chi connectivity index (χ1n) is 8.73. The Hall–Kier alpha value is -1.58. The van der Waals surface area contributed by atoms with Gasteiger partial charge in [-0.05, 0) is 31.3 Å². The minimum absolute atomic E-state index is 0.338. The molecule has 2 aromatic rings. The third-order valence-corrected chi connectivity index (χ3v) is 4.88. The first-order chi connectivity index (χ1) is 11.2. The summed E-state index contributed by atoms with van der Waals surface area (Å²) in [5.74, 6) is 0.850. The molecule has 0 spiro atoms. The lowest BCUT2D eigenvalue weighted by molar-refractivity contribution is 0.0566. The van der Waals surface area contributed by atoms with Gasteiger partial charge in [-0.2, -0.15) is 0 Å². The van der Waals surface area contributed by atoms with Crippen LogP contribution in [0.3, 0.4) is 0 Å². The van der Waals surface area contributed by atoms with Crippen LogP contribution in [0.5, 0.6) is 5.75 Å². The predicted octanol–water partition coefficient (Wildman–Crippen LogP) is 3.84. The SMILES string of the molecule is CN(C[C@@H](O)COc1cccc2ccccc12)C1CCCCC1. The number of hydrogen-bond donors (Lipinski definition) is 1. The zero-order valence-corrected chi connectivity index (χ0v) is 13.9. The molecule has 1 saturated carbocycles. The Bertz CT molecular complexity index is 617. The van der Waals surface area contributed by atoms with E-state index in [4.69, 9.17) is 4.74 Å². The number of rotatable bonds is 6. The Morgan fingerprint density at radius 2 is 1.83 bits per heavy atom. The normalized spacial score (nSPS) is 17.5. The van der Waals surface area contributed by atoms with Crippen molar-refractivity contribution in [3.63, 3.8) is 0 Å². The fraction of sp³-hybridized carbons (Fsp3) is 0.500. The quantitative estimate of drug-likeness (QED) is 0.879. The van der Waals surface area contributed by atoms with Crippen molar-refractivity contribution >= 4 is 10.8 Å². The average Bonchev–Trinajstić information content (AvgIpc) is 2.60. The van der Waals surface area contributed by atoms with Crippen LogP contribution in [0.2, 0.25) is 0 Å². The third kappa shape index (κ3) is 4.24. The van der Waals surface area contributed by atoms with Crippen molar-refractivity contribution < 1.29 is 9.84 Å². The number of nitrogens with zero attached hydrogens (tertiary/aromatic N) is 1. The zero-order valence-electron chi connectivity index (χ0n) is 13.9. The molecule has 23 heavy (non-hydrogen) atoms. The first-order valence-corrected chi connectivity index (χ1v) is 8.73. The number of ether oxygens (including phenoxy) is 1. The van der Waals surface area contributed by atoms with E-state index in [0.29, 0.717) is 19.2 Å². The van der Waals surface area contributed by atoms with E-state index in [1.54, 1.807) is 0 Å². The minimum atomic E-state index is -0.458. The predicted molar refractivity (Wildman–Crippen MR) is 95.0 cm³/mol. The number of likely N-dealkylation sites (N-methyl/N-ethyl adjacent to an activating group) is 1. The molecule has 0 aromatic heterocycles. The monoisotopic (exact) mass is 313 g/mol. The van der Waals surface area contributed by atoms with E-state index >= 15 is 0 Å². The van der Waals surface area contributed by atoms with E-state index in [1.807, 2.05) is 24.3 Å². The van der Waals surface area contributed by atoms with Gasteiger partial charge in [0.2, 0.25) is 0 Å². The van der Waals surface area contributed by atoms with Crippen LogP contribution in [0, 0.1) is 0 Å². The lowest BCUT2D eigenvalue weighted by Crippen LogP contribution is -2.40. The minimum Gasteiger partial charge on any atom is -0.490 e. The lowest BCUT2D eigenvalue weighted by atomic mass is 9.94. The molecule has 3 nitrogen and oxygen atoms in total. The Labute approximate surface area is 138 Å². The maximum atomic E-state index is 10.3. The highest BCUT2D eigenvalue weighted by Crippen LogP contribution is 2.25. The van der Waals surface area contributed by atoms with Crippen molar-refractivity contribution in [3.05, 3.63) is 42.5 Å². The highest BCUT2D eigenvalue weighted by atomic mass is 16.5. The van der Waals surface area contributed by atoms with Crippen LogP contribution in [-0.4, -0.2) is 42.4 Å². The molecule has 0 bridgehead atoms. The first kappa shape index (κ1) is 16.3. The van der Waals surface area contributed by atoms with Crippen molar-refractivity contribution in [1.29, 1.82) is 0 Å². The second kappa shape index (κ2) is 7.80. The lowest BCUT2D eigenvalue weighted by Gasteiger charge is -2.32. The van der Waals surface area contributed by atoms with Crippen molar-refractivity contribution in [2.24, 2.45) is 0 Å². The van der Waals surface area contributed by atoms with E-state index < -0.39 is 6.10 Å². The van der Waals surface area contributed by atoms with Gasteiger partial charge in [0.1, 0.15) is 18.5 Å². The van der Waals surface area contributed by atoms with Gasteiger partial charge in [0, 0.05) is 18.0 Å². The van der Waals surface area contributed by atoms with Gasteiger partial charge >= 0.3 is 0 Å². The van der Waals surface area contributed by atoms with Crippen LogP contribution in [0.15, 0.2) is 42.5 Å². The van der Waals surface area contributed by atoms with Crippen LogP contribution in [0.25, 0.3) is 10.8 Å². The largest absolute Gasteiger partial charge is 0.490 e. The molecule has 0 unspecified atom stereocenters. The Kier molecular flexibility index (Phi) is 5.52. The second-order valence-corrected chi connectivity index (χ2v) is 6.67. The molecule has 0 aliphatic heterocycles. The van der Waals surface area contributed by atoms with E-state index in [2.05, 4.69) is 30.1 Å². The Balaban J connectivity index is 1.54. The summed E-state index contributed by atoms with van der Waals surface area (Å²) in [5.41, 5.74) is 0. The summed E-state index contributed by atoms with van der Waals surface area (Å²) in [6.45, 7) is 1.01. The maximum absolute atomic E-state index is 10.3. The van der Waals surface area contributed by atoms with E-state index in [0.717, 1.165) is 11.1 Å². The Morgan fingerprint density at radius 3 is 2.65 bits per heavy atom. The van der Waals surface area contributed by atoms with E-state index in [-0.39, 0.29) is 0 Å². The molecular weight excluding hydrogens is 286 g/mol. The van der Waals surface area contributed by atoms with E-state index in [9.17, 15) is 5.11 Å². The molecule has 3 rings (SSSR count). The van der Waals surface area contributed by atoms with Gasteiger partial charge in [0.15, 0.2) is 0 Å². The van der Waals surface area contributed by atoms with Gasteiger partial charge in [0.05, 0.1) is 0 Å². The summed E-state index contributed by atoms with van der Waals surface area (Å²) in [7, 11) is 2.12. The summed E-state index contributed by atoms with van der Waals surface area (Å²) in [6.07, 6.45) is 6.05. The van der Waals surface area contributed by atoms with Gasteiger partial charge in [-0.15, -0.1) is 0 Å². The van der Waals surface area contributed by atoms with Gasteiger partial charge < -0.3 is 14.7 Å². The van der Waals surface area contributed by atoms with Crippen LogP contribution in [0.1, 0.15) is 32.1 Å². The van der Waals surface area contributed by atoms with Gasteiger partial charge in [-0.1, -0.05) is 55.7 Å². The summed E-state index contributed by atoms with van der Waals surface area (Å²) < 4.78 is 5.89. The van der Waals surface area contributed by atoms with Crippen molar-refractivity contribution in [2.75, 3.05) is 20.2 Å². The number of fused-ring (bicyclic) bond motifs is 1. The molecule has 0 saturated heterocycles. The van der Waals surface area contributed by atoms with Crippen LogP contribution in [-0.2, 0) is 0 Å². The average molecular weight is 313 g/mol. The number of aliphatic hydroxyl groups is 1. The molecule has 0 heterocycles. The van der Waals surface area contributed by atoms with Crippen molar-refractivity contribution in [1.82, 2.24) is 4.90 Å². The Morgan fingerprint density at radius 1 is 1.09 bits per heavy atom. The molecule has 1 aliphatic rings. The molecule has 3 heteroatoms. The summed E-state index contributed by atoms with van der Waals surface area (Å²) >= 11 is 0. The molecule has 1 fully saturated rings.